The van der Waals surface area contributed by atoms with Crippen molar-refractivity contribution in [2.45, 2.75) is 30.5 Å². The smallest absolute Gasteiger partial charge is 0.248 e. The van der Waals surface area contributed by atoms with Gasteiger partial charge in [-0.2, -0.15) is 0 Å². The minimum Gasteiger partial charge on any atom is -0.339 e. The summed E-state index contributed by atoms with van der Waals surface area (Å²) in [6, 6.07) is 38.2. The Morgan fingerprint density at radius 3 is 1.59 bits per heavy atom. The van der Waals surface area contributed by atoms with E-state index in [1.54, 1.807) is 0 Å². The molecular weight excluding hydrogens is 458 g/mol. The van der Waals surface area contributed by atoms with Crippen LogP contribution in [0.3, 0.4) is 0 Å². The van der Waals surface area contributed by atoms with Crippen LogP contribution in [0.25, 0.3) is 0 Å². The molecule has 0 aliphatic carbocycles. The van der Waals surface area contributed by atoms with Gasteiger partial charge in [-0.1, -0.05) is 121 Å². The lowest BCUT2D eigenvalue weighted by Crippen LogP contribution is -2.53. The molecule has 5 rings (SSSR count). The van der Waals surface area contributed by atoms with Gasteiger partial charge in [0.1, 0.15) is 11.6 Å². The lowest BCUT2D eigenvalue weighted by molar-refractivity contribution is -0.130. The molecule has 0 bridgehead atoms. The number of carbonyl (C=O) groups excluding carboxylic acids is 2. The third-order valence-electron chi connectivity index (χ3n) is 6.99. The fourth-order valence-electron chi connectivity index (χ4n) is 5.13. The number of nitrogens with one attached hydrogen (secondary N) is 3. The fourth-order valence-corrected chi connectivity index (χ4v) is 5.13. The molecule has 4 aromatic rings. The molecule has 0 saturated carbocycles. The Balaban J connectivity index is 1.61. The van der Waals surface area contributed by atoms with Crippen LogP contribution < -0.4 is 16.0 Å². The van der Waals surface area contributed by atoms with Crippen molar-refractivity contribution in [2.24, 2.45) is 0 Å². The average Bonchev–Trinajstić information content (AvgIpc) is 3.52. The Morgan fingerprint density at radius 1 is 0.703 bits per heavy atom. The summed E-state index contributed by atoms with van der Waals surface area (Å²) in [6.45, 7) is 0.805. The summed E-state index contributed by atoms with van der Waals surface area (Å²) in [4.78, 5) is 27.4. The van der Waals surface area contributed by atoms with Crippen molar-refractivity contribution in [1.29, 1.82) is 0 Å². The third-order valence-corrected chi connectivity index (χ3v) is 6.99. The molecule has 2 unspecified atom stereocenters. The van der Waals surface area contributed by atoms with E-state index < -0.39 is 11.6 Å². The molecule has 1 aliphatic rings. The van der Waals surface area contributed by atoms with E-state index >= 15 is 0 Å². The minimum atomic E-state index is -0.968. The van der Waals surface area contributed by atoms with Crippen molar-refractivity contribution in [3.05, 3.63) is 144 Å². The molecule has 2 atom stereocenters. The normalized spacial score (nSPS) is 16.1. The van der Waals surface area contributed by atoms with E-state index in [2.05, 4.69) is 16.0 Å². The van der Waals surface area contributed by atoms with Gasteiger partial charge in [0.05, 0.1) is 6.04 Å². The topological polar surface area (TPSA) is 70.2 Å². The van der Waals surface area contributed by atoms with Crippen LogP contribution in [0.1, 0.15) is 41.1 Å². The Hall–Kier alpha value is -4.22. The van der Waals surface area contributed by atoms with Crippen molar-refractivity contribution in [3.63, 3.8) is 0 Å². The molecule has 0 radical (unpaired) electrons. The molecule has 1 saturated heterocycles. The van der Waals surface area contributed by atoms with Gasteiger partial charge in [0.15, 0.2) is 0 Å². The molecule has 4 aromatic carbocycles. The zero-order valence-corrected chi connectivity index (χ0v) is 20.6. The number of rotatable bonds is 8. The Labute approximate surface area is 217 Å². The summed E-state index contributed by atoms with van der Waals surface area (Å²) in [6.07, 6.45) is 1.70. The van der Waals surface area contributed by atoms with Gasteiger partial charge in [0, 0.05) is 0 Å². The molecule has 0 aromatic heterocycles. The van der Waals surface area contributed by atoms with Crippen LogP contribution in [0.15, 0.2) is 121 Å². The van der Waals surface area contributed by atoms with Crippen molar-refractivity contribution in [2.75, 3.05) is 6.54 Å². The molecule has 0 spiro atoms. The lowest BCUT2D eigenvalue weighted by Gasteiger charge is -2.38. The van der Waals surface area contributed by atoms with E-state index in [1.165, 1.54) is 0 Å². The van der Waals surface area contributed by atoms with E-state index in [-0.39, 0.29) is 17.9 Å². The number of benzene rings is 4. The van der Waals surface area contributed by atoms with Crippen LogP contribution in [-0.2, 0) is 15.1 Å². The van der Waals surface area contributed by atoms with Crippen LogP contribution >= 0.6 is 0 Å². The molecule has 1 heterocycles. The van der Waals surface area contributed by atoms with E-state index in [0.29, 0.717) is 0 Å². The largest absolute Gasteiger partial charge is 0.339 e. The second-order valence-electron chi connectivity index (χ2n) is 9.34. The highest BCUT2D eigenvalue weighted by Crippen LogP contribution is 2.37. The van der Waals surface area contributed by atoms with E-state index in [4.69, 9.17) is 0 Å². The molecule has 5 nitrogen and oxygen atoms in total. The fraction of sp³-hybridized carbons (Fsp3) is 0.188. The predicted octanol–water partition coefficient (Wildman–Crippen LogP) is 4.70. The van der Waals surface area contributed by atoms with Crippen molar-refractivity contribution >= 4 is 11.8 Å². The van der Waals surface area contributed by atoms with Gasteiger partial charge in [0.25, 0.3) is 0 Å². The zero-order chi connectivity index (χ0) is 25.5. The Bertz CT molecular complexity index is 1210. The molecular formula is C32H31N3O2. The highest BCUT2D eigenvalue weighted by Gasteiger charge is 2.40. The summed E-state index contributed by atoms with van der Waals surface area (Å²) in [7, 11) is 0. The Kier molecular flexibility index (Phi) is 7.43. The first-order valence-corrected chi connectivity index (χ1v) is 12.8. The second-order valence-corrected chi connectivity index (χ2v) is 9.34. The first-order valence-electron chi connectivity index (χ1n) is 12.8. The van der Waals surface area contributed by atoms with E-state index in [0.717, 1.165) is 41.6 Å². The maximum atomic E-state index is 14.3. The van der Waals surface area contributed by atoms with Crippen LogP contribution in [0.2, 0.25) is 0 Å². The first-order chi connectivity index (χ1) is 18.2. The van der Waals surface area contributed by atoms with Gasteiger partial charge < -0.3 is 16.0 Å². The molecule has 1 aliphatic heterocycles. The summed E-state index contributed by atoms with van der Waals surface area (Å²) in [5.41, 5.74) is 2.54. The first kappa shape index (κ1) is 24.5. The average molecular weight is 490 g/mol. The van der Waals surface area contributed by atoms with Gasteiger partial charge in [-0.05, 0) is 41.6 Å². The maximum Gasteiger partial charge on any atom is 0.248 e. The number of hydrogen-bond acceptors (Lipinski definition) is 3. The molecule has 5 heteroatoms. The van der Waals surface area contributed by atoms with Crippen molar-refractivity contribution < 1.29 is 9.59 Å². The summed E-state index contributed by atoms with van der Waals surface area (Å²) in [5.74, 6) is -0.444. The minimum absolute atomic E-state index is 0.161. The lowest BCUT2D eigenvalue weighted by atomic mass is 9.76. The third kappa shape index (κ3) is 5.18. The van der Waals surface area contributed by atoms with Gasteiger partial charge >= 0.3 is 0 Å². The molecule has 2 amide bonds. The zero-order valence-electron chi connectivity index (χ0n) is 20.6. The Morgan fingerprint density at radius 2 is 1.16 bits per heavy atom. The maximum absolute atomic E-state index is 14.3. The highest BCUT2D eigenvalue weighted by molar-refractivity contribution is 5.91. The van der Waals surface area contributed by atoms with Gasteiger partial charge in [0.2, 0.25) is 11.8 Å². The monoisotopic (exact) mass is 489 g/mol. The van der Waals surface area contributed by atoms with E-state index in [9.17, 15) is 9.59 Å². The summed E-state index contributed by atoms with van der Waals surface area (Å²) >= 11 is 0. The predicted molar refractivity (Wildman–Crippen MR) is 146 cm³/mol. The van der Waals surface area contributed by atoms with Crippen molar-refractivity contribution in [1.82, 2.24) is 16.0 Å². The van der Waals surface area contributed by atoms with Crippen LogP contribution in [-0.4, -0.2) is 24.4 Å². The van der Waals surface area contributed by atoms with Crippen LogP contribution in [0.4, 0.5) is 0 Å². The van der Waals surface area contributed by atoms with Crippen molar-refractivity contribution in [3.8, 4) is 0 Å². The highest BCUT2D eigenvalue weighted by atomic mass is 16.2. The van der Waals surface area contributed by atoms with Crippen LogP contribution in [0, 0.1) is 0 Å². The number of carbonyl (C=O) groups is 2. The number of hydrogen-bond donors (Lipinski definition) is 3. The van der Waals surface area contributed by atoms with Gasteiger partial charge in [-0.15, -0.1) is 0 Å². The standard InChI is InChI=1S/C32H31N3O2/c36-30(28-22-13-23-33-28)34-29(24-14-5-1-6-15-24)31(37)35-32(25-16-7-2-8-17-25,26-18-9-3-10-19-26)27-20-11-4-12-21-27/h1-12,14-21,28-29,33H,13,22-23H2,(H,34,36)(H,35,37). The van der Waals surface area contributed by atoms with Gasteiger partial charge in [-0.3, -0.25) is 9.59 Å². The van der Waals surface area contributed by atoms with Crippen LogP contribution in [0.5, 0.6) is 0 Å². The van der Waals surface area contributed by atoms with E-state index in [1.807, 2.05) is 121 Å². The second kappa shape index (κ2) is 11.2. The summed E-state index contributed by atoms with van der Waals surface area (Å²) < 4.78 is 0. The molecule has 37 heavy (non-hydrogen) atoms. The molecule has 1 fully saturated rings. The molecule has 3 N–H and O–H groups in total. The number of amides is 2. The van der Waals surface area contributed by atoms with Gasteiger partial charge in [-0.25, -0.2) is 0 Å². The molecule has 186 valence electrons. The SMILES string of the molecule is O=C(NC(C(=O)NC(c1ccccc1)(c1ccccc1)c1ccccc1)c1ccccc1)C1CCCN1. The quantitative estimate of drug-likeness (QED) is 0.314. The summed E-state index contributed by atoms with van der Waals surface area (Å²) in [5, 5.41) is 9.67.